The second kappa shape index (κ2) is 4.64. The van der Waals surface area contributed by atoms with E-state index in [2.05, 4.69) is 4.74 Å². The molecule has 1 N–H and O–H groups in total. The van der Waals surface area contributed by atoms with Crippen LogP contribution in [-0.2, 0) is 0 Å². The molecule has 98 valence electrons. The molecule has 0 fully saturated rings. The van der Waals surface area contributed by atoms with E-state index >= 15 is 0 Å². The Balaban J connectivity index is 3.48. The van der Waals surface area contributed by atoms with Crippen LogP contribution in [-0.4, -0.2) is 21.5 Å². The third-order valence-electron chi connectivity index (χ3n) is 1.60. The van der Waals surface area contributed by atoms with Gasteiger partial charge < -0.3 is 14.9 Å². The van der Waals surface area contributed by atoms with Crippen LogP contribution in [0.25, 0.3) is 0 Å². The second-order valence-corrected chi connectivity index (χ2v) is 3.14. The van der Waals surface area contributed by atoms with Crippen molar-refractivity contribution < 1.29 is 27.6 Å². The predicted octanol–water partition coefficient (Wildman–Crippen LogP) is 1.56. The number of carbonyl (C=O) groups is 1. The summed E-state index contributed by atoms with van der Waals surface area (Å²) in [5, 5.41) is 8.80. The summed E-state index contributed by atoms with van der Waals surface area (Å²) in [5.74, 6) is -2.40. The Labute approximate surface area is 100 Å². The van der Waals surface area contributed by atoms with Crippen LogP contribution >= 0.6 is 11.6 Å². The molecule has 0 atom stereocenters. The average Bonchev–Trinajstić information content (AvgIpc) is 2.12. The van der Waals surface area contributed by atoms with Crippen molar-refractivity contribution in [1.29, 1.82) is 0 Å². The van der Waals surface area contributed by atoms with Crippen molar-refractivity contribution in [3.05, 3.63) is 32.1 Å². The molecular formula is C7H2ClF3N2O5. The lowest BCUT2D eigenvalue weighted by molar-refractivity contribution is -0.389. The molecule has 1 aromatic rings. The molecule has 0 saturated heterocycles. The maximum atomic E-state index is 12.0. The van der Waals surface area contributed by atoms with Crippen molar-refractivity contribution in [1.82, 2.24) is 4.98 Å². The first-order valence-electron chi connectivity index (χ1n) is 3.99. The summed E-state index contributed by atoms with van der Waals surface area (Å²) < 4.78 is 39.3. The first-order chi connectivity index (χ1) is 8.11. The molecule has 0 aliphatic heterocycles. The fourth-order valence-corrected chi connectivity index (χ4v) is 1.19. The van der Waals surface area contributed by atoms with Crippen molar-refractivity contribution in [3.63, 3.8) is 0 Å². The summed E-state index contributed by atoms with van der Waals surface area (Å²) in [6, 6.07) is 0.241. The fraction of sp³-hybridized carbons (Fsp3) is 0.143. The minimum absolute atomic E-state index is 0.241. The van der Waals surface area contributed by atoms with E-state index in [1.807, 2.05) is 0 Å². The molecule has 0 radical (unpaired) electrons. The Hall–Kier alpha value is -2.10. The van der Waals surface area contributed by atoms with Gasteiger partial charge in [-0.1, -0.05) is 0 Å². The van der Waals surface area contributed by atoms with Crippen molar-refractivity contribution in [2.24, 2.45) is 0 Å². The van der Waals surface area contributed by atoms with Crippen LogP contribution in [0.4, 0.5) is 19.0 Å². The number of aromatic nitrogens is 1. The molecule has 0 saturated carbocycles. The molecule has 18 heavy (non-hydrogen) atoms. The van der Waals surface area contributed by atoms with E-state index < -0.39 is 39.2 Å². The highest BCUT2D eigenvalue weighted by Crippen LogP contribution is 2.27. The van der Waals surface area contributed by atoms with E-state index in [0.717, 1.165) is 0 Å². The molecule has 0 spiro atoms. The molecule has 0 amide bonds. The van der Waals surface area contributed by atoms with E-state index in [-0.39, 0.29) is 6.07 Å². The van der Waals surface area contributed by atoms with Gasteiger partial charge >= 0.3 is 17.7 Å². The third kappa shape index (κ3) is 3.20. The highest BCUT2D eigenvalue weighted by atomic mass is 35.5. The van der Waals surface area contributed by atoms with E-state index in [1.54, 1.807) is 4.98 Å². The zero-order valence-corrected chi connectivity index (χ0v) is 8.83. The molecule has 0 aliphatic rings. The van der Waals surface area contributed by atoms with E-state index in [1.165, 1.54) is 0 Å². The van der Waals surface area contributed by atoms with Crippen LogP contribution < -0.4 is 10.3 Å². The lowest BCUT2D eigenvalue weighted by Gasteiger charge is -2.09. The number of aromatic amines is 1. The highest BCUT2D eigenvalue weighted by Gasteiger charge is 2.35. The highest BCUT2D eigenvalue weighted by molar-refractivity contribution is 6.68. The predicted molar refractivity (Wildman–Crippen MR) is 50.6 cm³/mol. The molecule has 1 rings (SSSR count). The molecule has 1 heterocycles. The number of pyridine rings is 1. The Kier molecular flexibility index (Phi) is 3.60. The topological polar surface area (TPSA) is 102 Å². The largest absolute Gasteiger partial charge is 0.573 e. The normalized spacial score (nSPS) is 11.1. The van der Waals surface area contributed by atoms with Crippen LogP contribution in [0.3, 0.4) is 0 Å². The minimum atomic E-state index is -5.23. The monoisotopic (exact) mass is 286 g/mol. The molecule has 0 unspecified atom stereocenters. The van der Waals surface area contributed by atoms with Gasteiger partial charge in [-0.25, -0.2) is 9.78 Å². The van der Waals surface area contributed by atoms with Crippen molar-refractivity contribution >= 4 is 22.7 Å². The molecule has 7 nitrogen and oxygen atoms in total. The van der Waals surface area contributed by atoms with Crippen molar-refractivity contribution in [2.45, 2.75) is 6.36 Å². The summed E-state index contributed by atoms with van der Waals surface area (Å²) >= 11 is 4.90. The Morgan fingerprint density at radius 1 is 1.50 bits per heavy atom. The zero-order chi connectivity index (χ0) is 14.1. The first-order valence-corrected chi connectivity index (χ1v) is 4.37. The molecule has 0 aliphatic carbocycles. The van der Waals surface area contributed by atoms with Crippen LogP contribution in [0.2, 0.25) is 0 Å². The van der Waals surface area contributed by atoms with E-state index in [9.17, 15) is 32.9 Å². The number of halogens is 4. The molecule has 11 heteroatoms. The number of hydrogen-bond donors (Lipinski definition) is 1. The molecule has 1 aromatic heterocycles. The van der Waals surface area contributed by atoms with Crippen molar-refractivity contribution in [2.75, 3.05) is 0 Å². The number of H-pyrrole nitrogens is 1. The standard InChI is InChI=1S/C7H2ClF3N2O5/c8-5(14)4-2(18-7(9,10)11)1-3(13(16)17)12-6(4)15/h1H,(H,12,15). The second-order valence-electron chi connectivity index (χ2n) is 2.80. The number of nitrogens with one attached hydrogen (secondary N) is 1. The number of nitrogens with zero attached hydrogens (tertiary/aromatic N) is 1. The van der Waals surface area contributed by atoms with Gasteiger partial charge in [0, 0.05) is 0 Å². The van der Waals surface area contributed by atoms with Gasteiger partial charge in [0.25, 0.3) is 5.24 Å². The third-order valence-corrected chi connectivity index (χ3v) is 1.79. The van der Waals surface area contributed by atoms with E-state index in [4.69, 9.17) is 11.6 Å². The maximum absolute atomic E-state index is 12.0. The van der Waals surface area contributed by atoms with Crippen molar-refractivity contribution in [3.8, 4) is 5.75 Å². The fourth-order valence-electron chi connectivity index (χ4n) is 1.01. The maximum Gasteiger partial charge on any atom is 0.573 e. The van der Waals surface area contributed by atoms with Crippen LogP contribution in [0.5, 0.6) is 5.75 Å². The molecular weight excluding hydrogens is 285 g/mol. The lowest BCUT2D eigenvalue weighted by atomic mass is 10.2. The summed E-state index contributed by atoms with van der Waals surface area (Å²) in [7, 11) is 0. The SMILES string of the molecule is O=C(Cl)c1c(OC(F)(F)F)cc([N+](=O)[O-])[nH]c1=O. The number of alkyl halides is 3. The smallest absolute Gasteiger partial charge is 0.404 e. The summed E-state index contributed by atoms with van der Waals surface area (Å²) in [6.45, 7) is 0. The number of rotatable bonds is 3. The number of hydrogen-bond acceptors (Lipinski definition) is 5. The zero-order valence-electron chi connectivity index (χ0n) is 8.08. The van der Waals surface area contributed by atoms with Crippen LogP contribution in [0, 0.1) is 10.1 Å². The molecule has 0 bridgehead atoms. The quantitative estimate of drug-likeness (QED) is 0.516. The van der Waals surface area contributed by atoms with Gasteiger partial charge in [-0.2, -0.15) is 0 Å². The number of carbonyl (C=O) groups excluding carboxylic acids is 1. The first kappa shape index (κ1) is 14.0. The van der Waals surface area contributed by atoms with Gasteiger partial charge in [0.1, 0.15) is 0 Å². The number of nitro groups is 1. The van der Waals surface area contributed by atoms with Gasteiger partial charge in [0.2, 0.25) is 0 Å². The van der Waals surface area contributed by atoms with Gasteiger partial charge in [-0.3, -0.25) is 4.79 Å². The summed E-state index contributed by atoms with van der Waals surface area (Å²) in [6.07, 6.45) is -5.23. The summed E-state index contributed by atoms with van der Waals surface area (Å²) in [5.41, 5.74) is -2.62. The van der Waals surface area contributed by atoms with Gasteiger partial charge in [0.05, 0.1) is 6.07 Å². The Morgan fingerprint density at radius 3 is 2.44 bits per heavy atom. The lowest BCUT2D eigenvalue weighted by Crippen LogP contribution is -2.24. The minimum Gasteiger partial charge on any atom is -0.404 e. The van der Waals surface area contributed by atoms with Crippen LogP contribution in [0.1, 0.15) is 10.4 Å². The Morgan fingerprint density at radius 2 is 2.06 bits per heavy atom. The van der Waals surface area contributed by atoms with Gasteiger partial charge in [-0.05, 0) is 16.5 Å². The van der Waals surface area contributed by atoms with Crippen LogP contribution in [0.15, 0.2) is 10.9 Å². The summed E-state index contributed by atoms with van der Waals surface area (Å²) in [4.78, 5) is 32.7. The average molecular weight is 287 g/mol. The van der Waals surface area contributed by atoms with E-state index in [0.29, 0.717) is 0 Å². The van der Waals surface area contributed by atoms with Gasteiger partial charge in [-0.15, -0.1) is 13.2 Å². The molecule has 0 aromatic carbocycles. The Bertz CT molecular complexity index is 567. The number of ether oxygens (including phenoxy) is 1. The van der Waals surface area contributed by atoms with Gasteiger partial charge in [0.15, 0.2) is 11.3 Å².